The molecule has 1 N–H and O–H groups in total. The van der Waals surface area contributed by atoms with Crippen molar-refractivity contribution in [3.8, 4) is 11.5 Å². The molecule has 0 radical (unpaired) electrons. The van der Waals surface area contributed by atoms with Gasteiger partial charge in [0.15, 0.2) is 17.6 Å². The van der Waals surface area contributed by atoms with Crippen molar-refractivity contribution in [2.45, 2.75) is 26.4 Å². The van der Waals surface area contributed by atoms with Crippen LogP contribution >= 0.6 is 31.9 Å². The molecule has 2 bridgehead atoms. The smallest absolute Gasteiger partial charge is 0.344 e. The summed E-state index contributed by atoms with van der Waals surface area (Å²) in [5.41, 5.74) is 0.532. The minimum absolute atomic E-state index is 0.116. The Bertz CT molecular complexity index is 994. The second-order valence-corrected chi connectivity index (χ2v) is 9.27. The first-order valence-corrected chi connectivity index (χ1v) is 11.5. The summed E-state index contributed by atoms with van der Waals surface area (Å²) in [6.07, 6.45) is 5.24. The van der Waals surface area contributed by atoms with Gasteiger partial charge in [-0.2, -0.15) is 10.1 Å². The van der Waals surface area contributed by atoms with E-state index >= 15 is 0 Å². The van der Waals surface area contributed by atoms with Crippen molar-refractivity contribution in [2.24, 2.45) is 28.8 Å². The van der Waals surface area contributed by atoms with E-state index in [1.807, 2.05) is 12.2 Å². The summed E-state index contributed by atoms with van der Waals surface area (Å²) in [5.74, 6) is -1.51. The Morgan fingerprint density at radius 3 is 2.42 bits per heavy atom. The van der Waals surface area contributed by atoms with Gasteiger partial charge in [-0.3, -0.25) is 9.59 Å². The van der Waals surface area contributed by atoms with E-state index in [1.165, 1.54) is 13.1 Å². The van der Waals surface area contributed by atoms with E-state index in [1.54, 1.807) is 13.0 Å². The number of hydrogen-bond donors (Lipinski definition) is 1. The lowest BCUT2D eigenvalue weighted by Gasteiger charge is -2.18. The van der Waals surface area contributed by atoms with Crippen molar-refractivity contribution in [2.75, 3.05) is 6.61 Å². The molecule has 0 spiro atoms. The van der Waals surface area contributed by atoms with Crippen LogP contribution in [0.2, 0.25) is 0 Å². The Labute approximate surface area is 195 Å². The Kier molecular flexibility index (Phi) is 5.95. The minimum atomic E-state index is -1.11. The highest BCUT2D eigenvalue weighted by Gasteiger charge is 2.59. The van der Waals surface area contributed by atoms with E-state index < -0.39 is 12.1 Å². The number of fused-ring (bicyclic) bond motifs is 5. The highest BCUT2D eigenvalue weighted by Crippen LogP contribution is 2.52. The van der Waals surface area contributed by atoms with E-state index in [9.17, 15) is 14.4 Å². The van der Waals surface area contributed by atoms with Gasteiger partial charge in [0.25, 0.3) is 11.8 Å². The van der Waals surface area contributed by atoms with E-state index in [0.29, 0.717) is 26.9 Å². The monoisotopic (exact) mass is 554 g/mol. The second-order valence-electron chi connectivity index (χ2n) is 7.69. The summed E-state index contributed by atoms with van der Waals surface area (Å²) in [7, 11) is 0. The Morgan fingerprint density at radius 2 is 1.87 bits per heavy atom. The molecule has 4 rings (SSSR count). The van der Waals surface area contributed by atoms with Gasteiger partial charge < -0.3 is 14.6 Å². The Balaban J connectivity index is 1.63. The number of aliphatic carboxylic acids is 1. The summed E-state index contributed by atoms with van der Waals surface area (Å²) in [6, 6.07) is 1.61. The lowest BCUT2D eigenvalue weighted by molar-refractivity contribution is -0.144. The average Bonchev–Trinajstić information content (AvgIpc) is 3.41. The van der Waals surface area contributed by atoms with Crippen LogP contribution in [0.25, 0.3) is 0 Å². The zero-order valence-electron chi connectivity index (χ0n) is 16.7. The molecular formula is C21H20Br2N2O6. The number of carbonyl (C=O) groups is 3. The van der Waals surface area contributed by atoms with E-state index in [4.69, 9.17) is 14.6 Å². The molecule has 0 aromatic heterocycles. The third-order valence-electron chi connectivity index (χ3n) is 5.86. The molecule has 5 atom stereocenters. The summed E-state index contributed by atoms with van der Waals surface area (Å²) in [5, 5.41) is 14.3. The molecular weight excluding hydrogens is 536 g/mol. The van der Waals surface area contributed by atoms with Crippen LogP contribution in [0.4, 0.5) is 0 Å². The highest BCUT2D eigenvalue weighted by atomic mass is 79.9. The van der Waals surface area contributed by atoms with Crippen LogP contribution < -0.4 is 9.47 Å². The number of carboxylic acids is 1. The first-order chi connectivity index (χ1) is 14.7. The van der Waals surface area contributed by atoms with E-state index in [-0.39, 0.29) is 41.2 Å². The van der Waals surface area contributed by atoms with Gasteiger partial charge in [0.2, 0.25) is 0 Å². The maximum absolute atomic E-state index is 12.8. The fourth-order valence-corrected chi connectivity index (χ4v) is 5.33. The molecule has 10 heteroatoms. The van der Waals surface area contributed by atoms with Crippen LogP contribution in [-0.4, -0.2) is 46.8 Å². The summed E-state index contributed by atoms with van der Waals surface area (Å²) >= 11 is 6.85. The third-order valence-corrected chi connectivity index (χ3v) is 8.00. The quantitative estimate of drug-likeness (QED) is 0.313. The van der Waals surface area contributed by atoms with Crippen molar-refractivity contribution >= 4 is 55.9 Å². The minimum Gasteiger partial charge on any atom is -0.490 e. The van der Waals surface area contributed by atoms with Crippen molar-refractivity contribution in [1.29, 1.82) is 0 Å². The molecule has 3 aliphatic rings. The predicted molar refractivity (Wildman–Crippen MR) is 118 cm³/mol. The fraction of sp³-hybridized carbons (Fsp3) is 0.429. The van der Waals surface area contributed by atoms with Crippen LogP contribution in [0, 0.1) is 23.7 Å². The molecule has 2 amide bonds. The molecule has 8 nitrogen and oxygen atoms in total. The average molecular weight is 556 g/mol. The Hall–Kier alpha value is -2.20. The molecule has 1 aliphatic heterocycles. The molecule has 2 fully saturated rings. The standard InChI is InChI=1S/C21H20Br2N2O6/c1-3-30-13-7-12(16(22)17(23)18(13)31-9(2)21(28)29)8-24-25-19(26)14-10-4-5-11(6-10)15(14)20(25)27/h4-5,7-11,14-15H,3,6H2,1-2H3,(H,28,29)/t9-,10-,11-,14-,15+/m0/s1. The summed E-state index contributed by atoms with van der Waals surface area (Å²) in [4.78, 5) is 36.8. The van der Waals surface area contributed by atoms with Crippen molar-refractivity contribution < 1.29 is 29.0 Å². The number of nitrogens with zero attached hydrogens (tertiary/aromatic N) is 2. The van der Waals surface area contributed by atoms with Crippen molar-refractivity contribution in [3.05, 3.63) is 32.7 Å². The molecule has 1 aromatic rings. The zero-order valence-corrected chi connectivity index (χ0v) is 19.9. The SMILES string of the molecule is CCOc1cc(C=NN2C(=O)[C@@H]3[C@H](C2=O)[C@H]2C=C[C@H]3C2)c(Br)c(Br)c1O[C@@H](C)C(=O)O. The van der Waals surface area contributed by atoms with Crippen LogP contribution in [0.3, 0.4) is 0 Å². The highest BCUT2D eigenvalue weighted by molar-refractivity contribution is 9.13. The zero-order chi connectivity index (χ0) is 22.4. The molecule has 1 heterocycles. The largest absolute Gasteiger partial charge is 0.490 e. The number of carbonyl (C=O) groups excluding carboxylic acids is 2. The van der Waals surface area contributed by atoms with E-state index in [2.05, 4.69) is 37.0 Å². The number of halogens is 2. The molecule has 1 saturated heterocycles. The van der Waals surface area contributed by atoms with Gasteiger partial charge in [-0.15, -0.1) is 0 Å². The number of allylic oxidation sites excluding steroid dienone is 2. The number of carboxylic acid groups (broad SMARTS) is 1. The molecule has 0 unspecified atom stereocenters. The molecule has 164 valence electrons. The molecule has 2 aliphatic carbocycles. The number of ether oxygens (including phenoxy) is 2. The molecule has 1 saturated carbocycles. The number of imide groups is 1. The molecule has 1 aromatic carbocycles. The van der Waals surface area contributed by atoms with Gasteiger partial charge in [0, 0.05) is 10.0 Å². The maximum Gasteiger partial charge on any atom is 0.344 e. The predicted octanol–water partition coefficient (Wildman–Crippen LogP) is 3.60. The second kappa shape index (κ2) is 8.38. The van der Waals surface area contributed by atoms with Gasteiger partial charge >= 0.3 is 5.97 Å². The first kappa shape index (κ1) is 22.0. The number of rotatable bonds is 7. The normalized spacial score (nSPS) is 27.3. The van der Waals surface area contributed by atoms with E-state index in [0.717, 1.165) is 11.4 Å². The number of amides is 2. The topological polar surface area (TPSA) is 106 Å². The van der Waals surface area contributed by atoms with Crippen LogP contribution in [-0.2, 0) is 14.4 Å². The van der Waals surface area contributed by atoms with Gasteiger partial charge in [-0.25, -0.2) is 4.79 Å². The summed E-state index contributed by atoms with van der Waals surface area (Å²) in [6.45, 7) is 3.53. The van der Waals surface area contributed by atoms with Gasteiger partial charge in [-0.1, -0.05) is 12.2 Å². The first-order valence-electron chi connectivity index (χ1n) is 9.88. The molecule has 31 heavy (non-hydrogen) atoms. The third kappa shape index (κ3) is 3.69. The van der Waals surface area contributed by atoms with Crippen LogP contribution in [0.1, 0.15) is 25.8 Å². The van der Waals surface area contributed by atoms with Crippen LogP contribution in [0.5, 0.6) is 11.5 Å². The number of hydrogen-bond acceptors (Lipinski definition) is 6. The Morgan fingerprint density at radius 1 is 1.26 bits per heavy atom. The number of benzene rings is 1. The van der Waals surface area contributed by atoms with Gasteiger partial charge in [0.05, 0.1) is 29.1 Å². The van der Waals surface area contributed by atoms with Gasteiger partial charge in [-0.05, 0) is 70.0 Å². The number of hydrazone groups is 1. The van der Waals surface area contributed by atoms with Crippen LogP contribution in [0.15, 0.2) is 32.3 Å². The fourth-order valence-electron chi connectivity index (χ4n) is 4.42. The lowest BCUT2D eigenvalue weighted by Crippen LogP contribution is -2.28. The van der Waals surface area contributed by atoms with Crippen molar-refractivity contribution in [3.63, 3.8) is 0 Å². The van der Waals surface area contributed by atoms with Gasteiger partial charge in [0.1, 0.15) is 0 Å². The maximum atomic E-state index is 12.8. The van der Waals surface area contributed by atoms with Crippen molar-refractivity contribution in [1.82, 2.24) is 5.01 Å². The summed E-state index contributed by atoms with van der Waals surface area (Å²) < 4.78 is 12.1. The lowest BCUT2D eigenvalue weighted by atomic mass is 9.85.